The summed E-state index contributed by atoms with van der Waals surface area (Å²) in [5.74, 6) is 0.535. The van der Waals surface area contributed by atoms with E-state index in [0.29, 0.717) is 5.92 Å². The van der Waals surface area contributed by atoms with Gasteiger partial charge in [0.15, 0.2) is 0 Å². The van der Waals surface area contributed by atoms with Crippen molar-refractivity contribution < 1.29 is 4.92 Å². The van der Waals surface area contributed by atoms with Gasteiger partial charge in [0.25, 0.3) is 5.69 Å². The van der Waals surface area contributed by atoms with Gasteiger partial charge in [0, 0.05) is 17.5 Å². The lowest BCUT2D eigenvalue weighted by Gasteiger charge is -2.28. The molecule has 2 unspecified atom stereocenters. The SMILES string of the molecule is CC(CC(Cl)Cc1ccc([N+](=O)[O-])cc1)C(C)(C)C. The predicted octanol–water partition coefficient (Wildman–Crippen LogP) is 4.82. The van der Waals surface area contributed by atoms with Crippen LogP contribution in [-0.2, 0) is 6.42 Å². The number of non-ortho nitro benzene ring substituents is 1. The Labute approximate surface area is 120 Å². The number of nitro groups is 1. The number of hydrogen-bond donors (Lipinski definition) is 0. The summed E-state index contributed by atoms with van der Waals surface area (Å²) < 4.78 is 0. The van der Waals surface area contributed by atoms with Crippen molar-refractivity contribution in [1.82, 2.24) is 0 Å². The van der Waals surface area contributed by atoms with Crippen molar-refractivity contribution in [2.75, 3.05) is 0 Å². The number of benzene rings is 1. The van der Waals surface area contributed by atoms with Gasteiger partial charge in [-0.15, -0.1) is 11.6 Å². The molecule has 4 heteroatoms. The molecule has 1 aromatic rings. The Morgan fingerprint density at radius 3 is 2.21 bits per heavy atom. The van der Waals surface area contributed by atoms with Crippen molar-refractivity contribution in [2.45, 2.75) is 45.9 Å². The zero-order valence-electron chi connectivity index (χ0n) is 12.0. The van der Waals surface area contributed by atoms with Crippen LogP contribution in [0.5, 0.6) is 0 Å². The van der Waals surface area contributed by atoms with E-state index in [4.69, 9.17) is 11.6 Å². The molecule has 0 spiro atoms. The van der Waals surface area contributed by atoms with E-state index in [9.17, 15) is 10.1 Å². The number of nitro benzene ring substituents is 1. The van der Waals surface area contributed by atoms with Crippen LogP contribution in [0.25, 0.3) is 0 Å². The lowest BCUT2D eigenvalue weighted by molar-refractivity contribution is -0.384. The van der Waals surface area contributed by atoms with Gasteiger partial charge in [-0.05, 0) is 29.7 Å². The van der Waals surface area contributed by atoms with Crippen LogP contribution in [0.1, 0.15) is 39.7 Å². The monoisotopic (exact) mass is 283 g/mol. The van der Waals surface area contributed by atoms with Gasteiger partial charge in [0.05, 0.1) is 4.92 Å². The van der Waals surface area contributed by atoms with E-state index in [1.807, 2.05) is 0 Å². The minimum absolute atomic E-state index is 0.0654. The molecular weight excluding hydrogens is 262 g/mol. The molecule has 0 bridgehead atoms. The van der Waals surface area contributed by atoms with Gasteiger partial charge in [-0.1, -0.05) is 39.8 Å². The highest BCUT2D eigenvalue weighted by molar-refractivity contribution is 6.20. The van der Waals surface area contributed by atoms with Crippen molar-refractivity contribution in [3.63, 3.8) is 0 Å². The lowest BCUT2D eigenvalue weighted by atomic mass is 9.79. The fraction of sp³-hybridized carbons (Fsp3) is 0.600. The van der Waals surface area contributed by atoms with Crippen LogP contribution in [0.3, 0.4) is 0 Å². The fourth-order valence-electron chi connectivity index (χ4n) is 1.83. The Morgan fingerprint density at radius 2 is 1.79 bits per heavy atom. The molecule has 0 aliphatic heterocycles. The maximum absolute atomic E-state index is 10.6. The molecule has 0 saturated heterocycles. The van der Waals surface area contributed by atoms with Crippen molar-refractivity contribution >= 4 is 17.3 Å². The molecule has 0 aliphatic carbocycles. The van der Waals surface area contributed by atoms with Gasteiger partial charge in [0.2, 0.25) is 0 Å². The van der Waals surface area contributed by atoms with Gasteiger partial charge in [0.1, 0.15) is 0 Å². The van der Waals surface area contributed by atoms with Gasteiger partial charge in [-0.2, -0.15) is 0 Å². The molecule has 0 aromatic heterocycles. The summed E-state index contributed by atoms with van der Waals surface area (Å²) in [6, 6.07) is 6.64. The molecule has 0 fully saturated rings. The minimum atomic E-state index is -0.385. The predicted molar refractivity (Wildman–Crippen MR) is 79.7 cm³/mol. The quantitative estimate of drug-likeness (QED) is 0.442. The summed E-state index contributed by atoms with van der Waals surface area (Å²) in [6.45, 7) is 8.86. The Hall–Kier alpha value is -1.09. The maximum Gasteiger partial charge on any atom is 0.269 e. The first-order valence-corrected chi connectivity index (χ1v) is 7.01. The van der Waals surface area contributed by atoms with E-state index in [2.05, 4.69) is 27.7 Å². The second kappa shape index (κ2) is 6.38. The molecular formula is C15H22ClNO2. The summed E-state index contributed by atoms with van der Waals surface area (Å²) in [5, 5.41) is 10.6. The van der Waals surface area contributed by atoms with E-state index < -0.39 is 0 Å². The third-order valence-electron chi connectivity index (χ3n) is 3.69. The first-order chi connectivity index (χ1) is 8.70. The standard InChI is InChI=1S/C15H22ClNO2/c1-11(15(2,3)4)9-13(16)10-12-5-7-14(8-6-12)17(18)19/h5-8,11,13H,9-10H2,1-4H3. The number of rotatable bonds is 5. The van der Waals surface area contributed by atoms with E-state index in [1.54, 1.807) is 12.1 Å². The van der Waals surface area contributed by atoms with Crippen LogP contribution in [0, 0.1) is 21.4 Å². The van der Waals surface area contributed by atoms with Gasteiger partial charge < -0.3 is 0 Å². The summed E-state index contributed by atoms with van der Waals surface area (Å²) in [5.41, 5.74) is 1.42. The molecule has 0 saturated carbocycles. The molecule has 1 rings (SSSR count). The highest BCUT2D eigenvalue weighted by atomic mass is 35.5. The summed E-state index contributed by atoms with van der Waals surface area (Å²) in [4.78, 5) is 10.2. The average molecular weight is 284 g/mol. The van der Waals surface area contributed by atoms with Crippen LogP contribution >= 0.6 is 11.6 Å². The van der Waals surface area contributed by atoms with Crippen molar-refractivity contribution in [1.29, 1.82) is 0 Å². The van der Waals surface area contributed by atoms with Crippen molar-refractivity contribution in [3.05, 3.63) is 39.9 Å². The number of hydrogen-bond acceptors (Lipinski definition) is 2. The van der Waals surface area contributed by atoms with Crippen LogP contribution in [0.2, 0.25) is 0 Å². The fourth-order valence-corrected chi connectivity index (χ4v) is 2.28. The molecule has 0 N–H and O–H groups in total. The largest absolute Gasteiger partial charge is 0.269 e. The van der Waals surface area contributed by atoms with Gasteiger partial charge in [-0.25, -0.2) is 0 Å². The minimum Gasteiger partial charge on any atom is -0.258 e. The first-order valence-electron chi connectivity index (χ1n) is 6.57. The summed E-state index contributed by atoms with van der Waals surface area (Å²) >= 11 is 6.38. The Morgan fingerprint density at radius 1 is 1.26 bits per heavy atom. The Balaban J connectivity index is 2.57. The molecule has 0 aliphatic rings. The topological polar surface area (TPSA) is 43.1 Å². The van der Waals surface area contributed by atoms with E-state index >= 15 is 0 Å². The Kier molecular flexibility index (Phi) is 5.36. The van der Waals surface area contributed by atoms with Crippen LogP contribution in [0.15, 0.2) is 24.3 Å². The second-order valence-electron chi connectivity index (χ2n) is 6.23. The lowest BCUT2D eigenvalue weighted by Crippen LogP contribution is -2.21. The molecule has 1 aromatic carbocycles. The molecule has 2 atom stereocenters. The zero-order chi connectivity index (χ0) is 14.6. The molecule has 106 valence electrons. The number of alkyl halides is 1. The molecule has 0 heterocycles. The summed E-state index contributed by atoms with van der Waals surface area (Å²) in [7, 11) is 0. The highest BCUT2D eigenvalue weighted by Crippen LogP contribution is 2.31. The van der Waals surface area contributed by atoms with Crippen molar-refractivity contribution in [2.24, 2.45) is 11.3 Å². The molecule has 0 radical (unpaired) electrons. The highest BCUT2D eigenvalue weighted by Gasteiger charge is 2.22. The average Bonchev–Trinajstić information content (AvgIpc) is 2.28. The van der Waals surface area contributed by atoms with E-state index in [1.165, 1.54) is 12.1 Å². The normalized spacial score (nSPS) is 15.0. The molecule has 0 amide bonds. The summed E-state index contributed by atoms with van der Waals surface area (Å²) in [6.07, 6.45) is 1.70. The van der Waals surface area contributed by atoms with Gasteiger partial charge in [-0.3, -0.25) is 10.1 Å². The van der Waals surface area contributed by atoms with Crippen molar-refractivity contribution in [3.8, 4) is 0 Å². The first kappa shape index (κ1) is 16.0. The van der Waals surface area contributed by atoms with Crippen LogP contribution in [-0.4, -0.2) is 10.3 Å². The third kappa shape index (κ3) is 5.19. The smallest absolute Gasteiger partial charge is 0.258 e. The zero-order valence-corrected chi connectivity index (χ0v) is 12.8. The maximum atomic E-state index is 10.6. The number of nitrogens with zero attached hydrogens (tertiary/aromatic N) is 1. The third-order valence-corrected chi connectivity index (χ3v) is 4.02. The van der Waals surface area contributed by atoms with E-state index in [-0.39, 0.29) is 21.4 Å². The van der Waals surface area contributed by atoms with Crippen LogP contribution in [0.4, 0.5) is 5.69 Å². The van der Waals surface area contributed by atoms with E-state index in [0.717, 1.165) is 18.4 Å². The van der Waals surface area contributed by atoms with Gasteiger partial charge >= 0.3 is 0 Å². The van der Waals surface area contributed by atoms with Crippen LogP contribution < -0.4 is 0 Å². The number of halogens is 1. The molecule has 3 nitrogen and oxygen atoms in total. The molecule has 19 heavy (non-hydrogen) atoms. The second-order valence-corrected chi connectivity index (χ2v) is 6.84. The Bertz CT molecular complexity index is 423.